The van der Waals surface area contributed by atoms with Crippen molar-refractivity contribution in [1.82, 2.24) is 0 Å². The Kier molecular flexibility index (Phi) is 5.58. The van der Waals surface area contributed by atoms with E-state index in [1.165, 1.54) is 29.8 Å². The number of halogens is 1. The van der Waals surface area contributed by atoms with Gasteiger partial charge in [0.15, 0.2) is 0 Å². The van der Waals surface area contributed by atoms with Crippen molar-refractivity contribution in [2.75, 3.05) is 0 Å². The van der Waals surface area contributed by atoms with E-state index in [2.05, 4.69) is 19.1 Å². The highest BCUT2D eigenvalue weighted by atomic mass is 19.1. The molecule has 0 fully saturated rings. The number of carbonyl (C=O) groups is 1. The first-order valence-electron chi connectivity index (χ1n) is 5.56. The maximum Gasteiger partial charge on any atom is 0.307 e. The minimum atomic E-state index is -0.906. The van der Waals surface area contributed by atoms with E-state index in [1.807, 2.05) is 18.2 Å². The third-order valence-electron chi connectivity index (χ3n) is 2.21. The number of benzene rings is 2. The number of aryl methyl sites for hydroxylation is 1. The Morgan fingerprint density at radius 2 is 1.61 bits per heavy atom. The van der Waals surface area contributed by atoms with Crippen molar-refractivity contribution >= 4 is 5.97 Å². The fraction of sp³-hybridized carbons (Fsp3) is 0.133. The number of hydrogen-bond donors (Lipinski definition) is 1. The molecule has 0 unspecified atom stereocenters. The van der Waals surface area contributed by atoms with E-state index in [-0.39, 0.29) is 12.2 Å². The molecule has 3 heteroatoms. The molecule has 0 aromatic heterocycles. The fourth-order valence-corrected chi connectivity index (χ4v) is 1.31. The maximum absolute atomic E-state index is 12.3. The average Bonchev–Trinajstić information content (AvgIpc) is 2.33. The van der Waals surface area contributed by atoms with Crippen LogP contribution in [0.25, 0.3) is 0 Å². The van der Waals surface area contributed by atoms with Gasteiger partial charge in [0, 0.05) is 0 Å². The number of hydrogen-bond acceptors (Lipinski definition) is 1. The molecule has 0 saturated heterocycles. The van der Waals surface area contributed by atoms with Gasteiger partial charge < -0.3 is 5.11 Å². The molecule has 0 aliphatic rings. The predicted octanol–water partition coefficient (Wildman–Crippen LogP) is 3.45. The van der Waals surface area contributed by atoms with Gasteiger partial charge >= 0.3 is 5.97 Å². The third kappa shape index (κ3) is 5.80. The van der Waals surface area contributed by atoms with Crippen LogP contribution in [0, 0.1) is 12.7 Å². The van der Waals surface area contributed by atoms with Crippen LogP contribution in [0.1, 0.15) is 11.1 Å². The number of carboxylic acid groups (broad SMARTS) is 1. The van der Waals surface area contributed by atoms with Crippen LogP contribution in [0.3, 0.4) is 0 Å². The van der Waals surface area contributed by atoms with E-state index < -0.39 is 5.97 Å². The molecule has 0 saturated carbocycles. The number of rotatable bonds is 2. The van der Waals surface area contributed by atoms with Gasteiger partial charge in [0.2, 0.25) is 0 Å². The van der Waals surface area contributed by atoms with Crippen LogP contribution in [-0.2, 0) is 11.2 Å². The standard InChI is InChI=1S/C8H7FO2.C7H8/c9-7-3-1-6(2-4-7)5-8(10)11;1-7-5-3-2-4-6-7/h1-4H,5H2,(H,10,11);2-6H,1H3. The molecule has 0 amide bonds. The summed E-state index contributed by atoms with van der Waals surface area (Å²) >= 11 is 0. The summed E-state index contributed by atoms with van der Waals surface area (Å²) in [6.45, 7) is 2.08. The Morgan fingerprint density at radius 1 is 1.06 bits per heavy atom. The molecule has 2 aromatic rings. The van der Waals surface area contributed by atoms with Crippen molar-refractivity contribution < 1.29 is 14.3 Å². The molecule has 0 aliphatic carbocycles. The summed E-state index contributed by atoms with van der Waals surface area (Å²) in [7, 11) is 0. The second kappa shape index (κ2) is 7.22. The normalized spacial score (nSPS) is 9.22. The van der Waals surface area contributed by atoms with E-state index in [1.54, 1.807) is 0 Å². The van der Waals surface area contributed by atoms with Gasteiger partial charge in [-0.1, -0.05) is 48.0 Å². The van der Waals surface area contributed by atoms with E-state index in [4.69, 9.17) is 5.11 Å². The predicted molar refractivity (Wildman–Crippen MR) is 68.9 cm³/mol. The van der Waals surface area contributed by atoms with Crippen LogP contribution in [0.2, 0.25) is 0 Å². The van der Waals surface area contributed by atoms with E-state index in [9.17, 15) is 9.18 Å². The van der Waals surface area contributed by atoms with E-state index in [0.717, 1.165) is 0 Å². The second-order valence-electron chi connectivity index (χ2n) is 3.85. The first kappa shape index (κ1) is 13.9. The zero-order chi connectivity index (χ0) is 13.4. The van der Waals surface area contributed by atoms with Crippen molar-refractivity contribution in [2.45, 2.75) is 13.3 Å². The minimum Gasteiger partial charge on any atom is -0.481 e. The average molecular weight is 246 g/mol. The summed E-state index contributed by atoms with van der Waals surface area (Å²) in [4.78, 5) is 10.2. The van der Waals surface area contributed by atoms with Crippen LogP contribution in [0.15, 0.2) is 54.6 Å². The van der Waals surface area contributed by atoms with Gasteiger partial charge in [-0.2, -0.15) is 0 Å². The Balaban J connectivity index is 0.000000199. The molecule has 0 radical (unpaired) electrons. The Hall–Kier alpha value is -2.16. The quantitative estimate of drug-likeness (QED) is 0.881. The molecule has 0 aliphatic heterocycles. The number of aliphatic carboxylic acids is 1. The van der Waals surface area contributed by atoms with Gasteiger partial charge in [0.25, 0.3) is 0 Å². The van der Waals surface area contributed by atoms with Crippen LogP contribution in [0.4, 0.5) is 4.39 Å². The smallest absolute Gasteiger partial charge is 0.307 e. The van der Waals surface area contributed by atoms with Crippen molar-refractivity contribution in [3.05, 3.63) is 71.5 Å². The Bertz CT molecular complexity index is 478. The topological polar surface area (TPSA) is 37.3 Å². The van der Waals surface area contributed by atoms with Crippen LogP contribution < -0.4 is 0 Å². The van der Waals surface area contributed by atoms with Crippen molar-refractivity contribution in [3.63, 3.8) is 0 Å². The minimum absolute atomic E-state index is 0.0553. The highest BCUT2D eigenvalue weighted by Gasteiger charge is 1.98. The molecule has 1 N–H and O–H groups in total. The van der Waals surface area contributed by atoms with Gasteiger partial charge in [-0.3, -0.25) is 4.79 Å². The van der Waals surface area contributed by atoms with Gasteiger partial charge in [0.05, 0.1) is 6.42 Å². The lowest BCUT2D eigenvalue weighted by Crippen LogP contribution is -1.99. The largest absolute Gasteiger partial charge is 0.481 e. The lowest BCUT2D eigenvalue weighted by molar-refractivity contribution is -0.136. The second-order valence-corrected chi connectivity index (χ2v) is 3.85. The van der Waals surface area contributed by atoms with E-state index in [0.29, 0.717) is 5.56 Å². The highest BCUT2D eigenvalue weighted by Crippen LogP contribution is 2.02. The number of carboxylic acids is 1. The van der Waals surface area contributed by atoms with Crippen LogP contribution in [0.5, 0.6) is 0 Å². The highest BCUT2D eigenvalue weighted by molar-refractivity contribution is 5.70. The molecule has 0 spiro atoms. The molecule has 94 valence electrons. The van der Waals surface area contributed by atoms with Crippen molar-refractivity contribution in [3.8, 4) is 0 Å². The summed E-state index contributed by atoms with van der Waals surface area (Å²) < 4.78 is 12.3. The Labute approximate surface area is 106 Å². The lowest BCUT2D eigenvalue weighted by atomic mass is 10.1. The van der Waals surface area contributed by atoms with Crippen LogP contribution >= 0.6 is 0 Å². The molecule has 18 heavy (non-hydrogen) atoms. The molecular formula is C15H15FO2. The zero-order valence-corrected chi connectivity index (χ0v) is 10.1. The monoisotopic (exact) mass is 246 g/mol. The van der Waals surface area contributed by atoms with E-state index >= 15 is 0 Å². The SMILES string of the molecule is Cc1ccccc1.O=C(O)Cc1ccc(F)cc1. The fourth-order valence-electron chi connectivity index (χ4n) is 1.31. The lowest BCUT2D eigenvalue weighted by Gasteiger charge is -1.94. The molecule has 0 atom stereocenters. The maximum atomic E-state index is 12.3. The van der Waals surface area contributed by atoms with Gasteiger partial charge in [-0.15, -0.1) is 0 Å². The molecule has 2 nitrogen and oxygen atoms in total. The summed E-state index contributed by atoms with van der Waals surface area (Å²) in [5.74, 6) is -1.25. The molecule has 2 rings (SSSR count). The summed E-state index contributed by atoms with van der Waals surface area (Å²) in [5.41, 5.74) is 1.93. The summed E-state index contributed by atoms with van der Waals surface area (Å²) in [5, 5.41) is 8.34. The van der Waals surface area contributed by atoms with Gasteiger partial charge in [-0.05, 0) is 24.6 Å². The zero-order valence-electron chi connectivity index (χ0n) is 10.1. The molecule has 0 heterocycles. The summed E-state index contributed by atoms with van der Waals surface area (Å²) in [6, 6.07) is 15.7. The third-order valence-corrected chi connectivity index (χ3v) is 2.21. The summed E-state index contributed by atoms with van der Waals surface area (Å²) in [6.07, 6.45) is -0.0553. The van der Waals surface area contributed by atoms with Crippen molar-refractivity contribution in [1.29, 1.82) is 0 Å². The Morgan fingerprint density at radius 3 is 2.00 bits per heavy atom. The molecule has 2 aromatic carbocycles. The first-order valence-corrected chi connectivity index (χ1v) is 5.56. The first-order chi connectivity index (χ1) is 8.58. The van der Waals surface area contributed by atoms with Crippen molar-refractivity contribution in [2.24, 2.45) is 0 Å². The van der Waals surface area contributed by atoms with Gasteiger partial charge in [-0.25, -0.2) is 4.39 Å². The van der Waals surface area contributed by atoms with Crippen LogP contribution in [-0.4, -0.2) is 11.1 Å². The molecule has 0 bridgehead atoms. The molecular weight excluding hydrogens is 231 g/mol. The van der Waals surface area contributed by atoms with Gasteiger partial charge in [0.1, 0.15) is 5.82 Å².